The van der Waals surface area contributed by atoms with E-state index in [9.17, 15) is 8.42 Å². The van der Waals surface area contributed by atoms with Crippen molar-refractivity contribution < 1.29 is 8.42 Å². The normalized spacial score (nSPS) is 16.0. The summed E-state index contributed by atoms with van der Waals surface area (Å²) >= 11 is 0. The summed E-state index contributed by atoms with van der Waals surface area (Å²) < 4.78 is 22.9. The fourth-order valence-corrected chi connectivity index (χ4v) is 2.60. The molecule has 0 aromatic rings. The molecule has 0 bridgehead atoms. The molecule has 0 spiro atoms. The minimum absolute atomic E-state index is 0.109. The molecule has 0 saturated carbocycles. The first-order valence-electron chi connectivity index (χ1n) is 6.30. The number of hydrogen-bond acceptors (Lipinski definition) is 3. The van der Waals surface area contributed by atoms with E-state index < -0.39 is 9.84 Å². The zero-order valence-corrected chi connectivity index (χ0v) is 12.0. The minimum atomic E-state index is -2.82. The van der Waals surface area contributed by atoms with E-state index in [0.29, 0.717) is 5.75 Å². The Balaban J connectivity index is 4.16. The van der Waals surface area contributed by atoms with Crippen LogP contribution in [0.25, 0.3) is 0 Å². The van der Waals surface area contributed by atoms with E-state index in [-0.39, 0.29) is 11.2 Å². The standard InChI is InChI=1S/C12H27NO2S/c1-5-9-13-11-12(4,6-2)8-10-16(14,15)7-3/h13H,5-11H2,1-4H3. The molecule has 0 saturated heterocycles. The van der Waals surface area contributed by atoms with E-state index in [1.165, 1.54) is 0 Å². The summed E-state index contributed by atoms with van der Waals surface area (Å²) in [6, 6.07) is 0. The highest BCUT2D eigenvalue weighted by atomic mass is 32.2. The topological polar surface area (TPSA) is 46.2 Å². The maximum atomic E-state index is 11.5. The molecular formula is C12H27NO2S. The molecular weight excluding hydrogens is 222 g/mol. The van der Waals surface area contributed by atoms with Crippen molar-refractivity contribution in [2.24, 2.45) is 5.41 Å². The first-order valence-corrected chi connectivity index (χ1v) is 8.12. The second kappa shape index (κ2) is 7.28. The quantitative estimate of drug-likeness (QED) is 0.637. The number of nitrogens with one attached hydrogen (secondary N) is 1. The van der Waals surface area contributed by atoms with Crippen LogP contribution in [0.4, 0.5) is 0 Å². The lowest BCUT2D eigenvalue weighted by molar-refractivity contribution is 0.283. The first kappa shape index (κ1) is 15.9. The number of hydrogen-bond donors (Lipinski definition) is 1. The summed E-state index contributed by atoms with van der Waals surface area (Å²) in [5.74, 6) is 0.580. The largest absolute Gasteiger partial charge is 0.316 e. The summed E-state index contributed by atoms with van der Waals surface area (Å²) in [6.45, 7) is 10.1. The molecule has 0 aromatic heterocycles. The summed E-state index contributed by atoms with van der Waals surface area (Å²) in [5.41, 5.74) is 0.109. The zero-order chi connectivity index (χ0) is 12.7. The lowest BCUT2D eigenvalue weighted by atomic mass is 9.84. The van der Waals surface area contributed by atoms with Crippen LogP contribution >= 0.6 is 0 Å². The van der Waals surface area contributed by atoms with Crippen LogP contribution < -0.4 is 5.32 Å². The molecule has 0 rings (SSSR count). The van der Waals surface area contributed by atoms with E-state index >= 15 is 0 Å². The molecule has 0 radical (unpaired) electrons. The van der Waals surface area contributed by atoms with Crippen LogP contribution in [-0.2, 0) is 9.84 Å². The molecule has 0 heterocycles. The Morgan fingerprint density at radius 1 is 1.19 bits per heavy atom. The van der Waals surface area contributed by atoms with E-state index in [1.807, 2.05) is 0 Å². The Kier molecular flexibility index (Phi) is 7.24. The van der Waals surface area contributed by atoms with Gasteiger partial charge in [0.25, 0.3) is 0 Å². The van der Waals surface area contributed by atoms with Gasteiger partial charge in [0.1, 0.15) is 9.84 Å². The van der Waals surface area contributed by atoms with Crippen molar-refractivity contribution in [3.05, 3.63) is 0 Å². The molecule has 98 valence electrons. The van der Waals surface area contributed by atoms with Gasteiger partial charge < -0.3 is 5.32 Å². The van der Waals surface area contributed by atoms with Gasteiger partial charge in [0.2, 0.25) is 0 Å². The van der Waals surface area contributed by atoms with Crippen molar-refractivity contribution in [2.75, 3.05) is 24.6 Å². The predicted octanol–water partition coefficient (Wildman–Crippen LogP) is 2.23. The maximum Gasteiger partial charge on any atom is 0.150 e. The second-order valence-electron chi connectivity index (χ2n) is 4.83. The Labute approximate surface area is 101 Å². The molecule has 1 unspecified atom stereocenters. The van der Waals surface area contributed by atoms with E-state index in [0.717, 1.165) is 32.4 Å². The average Bonchev–Trinajstić information content (AvgIpc) is 2.27. The highest BCUT2D eigenvalue weighted by molar-refractivity contribution is 7.91. The van der Waals surface area contributed by atoms with Crippen LogP contribution in [0.1, 0.15) is 47.0 Å². The van der Waals surface area contributed by atoms with Gasteiger partial charge in [-0.15, -0.1) is 0 Å². The van der Waals surface area contributed by atoms with E-state index in [1.54, 1.807) is 6.92 Å². The van der Waals surface area contributed by atoms with Gasteiger partial charge in [-0.05, 0) is 31.2 Å². The summed E-state index contributed by atoms with van der Waals surface area (Å²) in [6.07, 6.45) is 2.90. The molecule has 0 aliphatic heterocycles. The summed E-state index contributed by atoms with van der Waals surface area (Å²) in [4.78, 5) is 0. The highest BCUT2D eigenvalue weighted by Gasteiger charge is 2.23. The van der Waals surface area contributed by atoms with Gasteiger partial charge >= 0.3 is 0 Å². The Morgan fingerprint density at radius 2 is 1.81 bits per heavy atom. The molecule has 1 atom stereocenters. The third-order valence-electron chi connectivity index (χ3n) is 3.29. The molecule has 4 heteroatoms. The van der Waals surface area contributed by atoms with Gasteiger partial charge in [0, 0.05) is 12.3 Å². The van der Waals surface area contributed by atoms with Gasteiger partial charge in [-0.3, -0.25) is 0 Å². The lowest BCUT2D eigenvalue weighted by Crippen LogP contribution is -2.33. The van der Waals surface area contributed by atoms with Crippen molar-refractivity contribution in [3.8, 4) is 0 Å². The van der Waals surface area contributed by atoms with Gasteiger partial charge in [-0.2, -0.15) is 0 Å². The minimum Gasteiger partial charge on any atom is -0.316 e. The molecule has 0 aliphatic rings. The van der Waals surface area contributed by atoms with Crippen LogP contribution in [0.2, 0.25) is 0 Å². The van der Waals surface area contributed by atoms with Crippen LogP contribution in [0, 0.1) is 5.41 Å². The Morgan fingerprint density at radius 3 is 2.25 bits per heavy atom. The first-order chi connectivity index (χ1) is 7.39. The van der Waals surface area contributed by atoms with Crippen LogP contribution in [0.5, 0.6) is 0 Å². The molecule has 0 aromatic carbocycles. The van der Waals surface area contributed by atoms with Gasteiger partial charge in [-0.25, -0.2) is 8.42 Å². The van der Waals surface area contributed by atoms with E-state index in [4.69, 9.17) is 0 Å². The smallest absolute Gasteiger partial charge is 0.150 e. The van der Waals surface area contributed by atoms with Crippen LogP contribution in [-0.4, -0.2) is 33.0 Å². The van der Waals surface area contributed by atoms with Gasteiger partial charge in [-0.1, -0.05) is 27.7 Å². The van der Waals surface area contributed by atoms with Crippen LogP contribution in [0.3, 0.4) is 0 Å². The number of sulfone groups is 1. The Hall–Kier alpha value is -0.0900. The van der Waals surface area contributed by atoms with Gasteiger partial charge in [0.15, 0.2) is 0 Å². The predicted molar refractivity (Wildman–Crippen MR) is 70.5 cm³/mol. The van der Waals surface area contributed by atoms with Crippen molar-refractivity contribution in [1.82, 2.24) is 5.32 Å². The SMILES string of the molecule is CCCNCC(C)(CC)CCS(=O)(=O)CC. The fourth-order valence-electron chi connectivity index (χ4n) is 1.50. The Bertz CT molecular complexity index is 275. The van der Waals surface area contributed by atoms with Crippen molar-refractivity contribution in [1.29, 1.82) is 0 Å². The highest BCUT2D eigenvalue weighted by Crippen LogP contribution is 2.25. The maximum absolute atomic E-state index is 11.5. The lowest BCUT2D eigenvalue weighted by Gasteiger charge is -2.28. The average molecular weight is 249 g/mol. The molecule has 1 N–H and O–H groups in total. The molecule has 0 aliphatic carbocycles. The fraction of sp³-hybridized carbons (Fsp3) is 1.00. The number of rotatable bonds is 9. The summed E-state index contributed by atoms with van der Waals surface area (Å²) in [5, 5.41) is 3.39. The van der Waals surface area contributed by atoms with Crippen molar-refractivity contribution >= 4 is 9.84 Å². The molecule has 16 heavy (non-hydrogen) atoms. The zero-order valence-electron chi connectivity index (χ0n) is 11.2. The second-order valence-corrected chi connectivity index (χ2v) is 7.30. The van der Waals surface area contributed by atoms with Crippen molar-refractivity contribution in [2.45, 2.75) is 47.0 Å². The van der Waals surface area contributed by atoms with Crippen molar-refractivity contribution in [3.63, 3.8) is 0 Å². The monoisotopic (exact) mass is 249 g/mol. The van der Waals surface area contributed by atoms with E-state index in [2.05, 4.69) is 26.1 Å². The summed E-state index contributed by atoms with van der Waals surface area (Å²) in [7, 11) is -2.82. The van der Waals surface area contributed by atoms with Gasteiger partial charge in [0.05, 0.1) is 5.75 Å². The molecule has 0 amide bonds. The molecule has 3 nitrogen and oxygen atoms in total. The van der Waals surface area contributed by atoms with Crippen LogP contribution in [0.15, 0.2) is 0 Å². The third kappa shape index (κ3) is 6.48. The third-order valence-corrected chi connectivity index (χ3v) is 4.99. The molecule has 0 fully saturated rings.